The van der Waals surface area contributed by atoms with Crippen LogP contribution in [0, 0.1) is 0 Å². The average Bonchev–Trinajstić information content (AvgIpc) is 2.45. The van der Waals surface area contributed by atoms with Crippen LogP contribution >= 0.6 is 11.8 Å². The van der Waals surface area contributed by atoms with Gasteiger partial charge in [-0.2, -0.15) is 4.98 Å². The van der Waals surface area contributed by atoms with Gasteiger partial charge in [-0.25, -0.2) is 14.8 Å². The topological polar surface area (TPSA) is 90.7 Å². The highest BCUT2D eigenvalue weighted by molar-refractivity contribution is 8.01. The van der Waals surface area contributed by atoms with E-state index in [1.165, 1.54) is 20.4 Å². The molecule has 0 spiro atoms. The van der Waals surface area contributed by atoms with Gasteiger partial charge in [-0.1, -0.05) is 11.8 Å². The van der Waals surface area contributed by atoms with Gasteiger partial charge in [0.05, 0.1) is 13.7 Å². The molecule has 2 rings (SSSR count). The summed E-state index contributed by atoms with van der Waals surface area (Å²) in [6.07, 6.45) is 1.33. The molecule has 8 heteroatoms. The molecule has 1 aliphatic rings. The van der Waals surface area contributed by atoms with E-state index in [0.29, 0.717) is 10.7 Å². The molecule has 106 valence electrons. The number of methoxy groups -OCH3 is 1. The standard InChI is InChI=1S/C12H13N3O4S/c1-4-19-12(17)7-9(6(2)16)20-11-8(15-7)10(18-3)13-5-14-11/h5,9H,4H2,1-3H3. The molecule has 0 amide bonds. The molecule has 20 heavy (non-hydrogen) atoms. The molecular formula is C12H13N3O4S. The number of nitrogens with zero attached hydrogens (tertiary/aromatic N) is 3. The van der Waals surface area contributed by atoms with Gasteiger partial charge in [0.1, 0.15) is 28.1 Å². The molecular weight excluding hydrogens is 282 g/mol. The fraction of sp³-hybridized carbons (Fsp3) is 0.417. The van der Waals surface area contributed by atoms with Gasteiger partial charge in [0.2, 0.25) is 5.88 Å². The molecule has 1 unspecified atom stereocenters. The number of Topliss-reactive ketones (excluding diaryl/α,β-unsaturated/α-hetero) is 1. The van der Waals surface area contributed by atoms with E-state index in [1.54, 1.807) is 6.92 Å². The highest BCUT2D eigenvalue weighted by Gasteiger charge is 2.35. The zero-order valence-corrected chi connectivity index (χ0v) is 12.1. The van der Waals surface area contributed by atoms with Crippen molar-refractivity contribution in [2.45, 2.75) is 24.1 Å². The number of carbonyl (C=O) groups excluding carboxylic acids is 2. The van der Waals surface area contributed by atoms with Gasteiger partial charge in [-0.05, 0) is 13.8 Å². The molecule has 7 nitrogen and oxygen atoms in total. The molecule has 1 aliphatic heterocycles. The molecule has 1 aromatic rings. The molecule has 0 aromatic carbocycles. The summed E-state index contributed by atoms with van der Waals surface area (Å²) >= 11 is 1.14. The smallest absolute Gasteiger partial charge is 0.354 e. The Balaban J connectivity index is 2.51. The van der Waals surface area contributed by atoms with Gasteiger partial charge in [0.15, 0.2) is 5.69 Å². The summed E-state index contributed by atoms with van der Waals surface area (Å²) in [5.74, 6) is -0.548. The Hall–Kier alpha value is -1.96. The van der Waals surface area contributed by atoms with Crippen LogP contribution in [-0.4, -0.2) is 46.4 Å². The van der Waals surface area contributed by atoms with E-state index < -0.39 is 11.2 Å². The van der Waals surface area contributed by atoms with Crippen LogP contribution in [0.3, 0.4) is 0 Å². The quantitative estimate of drug-likeness (QED) is 0.608. The van der Waals surface area contributed by atoms with E-state index in [4.69, 9.17) is 9.47 Å². The van der Waals surface area contributed by atoms with Gasteiger partial charge >= 0.3 is 5.97 Å². The van der Waals surface area contributed by atoms with Crippen LogP contribution in [0.2, 0.25) is 0 Å². The van der Waals surface area contributed by atoms with E-state index in [2.05, 4.69) is 15.0 Å². The Kier molecular flexibility index (Phi) is 4.33. The van der Waals surface area contributed by atoms with Crippen molar-refractivity contribution in [2.75, 3.05) is 13.7 Å². The fourth-order valence-corrected chi connectivity index (χ4v) is 2.66. The first-order valence-electron chi connectivity index (χ1n) is 5.90. The second-order valence-electron chi connectivity index (χ2n) is 3.86. The number of hydrogen-bond acceptors (Lipinski definition) is 8. The number of fused-ring (bicyclic) bond motifs is 1. The van der Waals surface area contributed by atoms with Crippen molar-refractivity contribution in [1.82, 2.24) is 9.97 Å². The molecule has 0 saturated heterocycles. The molecule has 1 aromatic heterocycles. The fourth-order valence-electron chi connectivity index (χ4n) is 1.66. The molecule has 0 N–H and O–H groups in total. The van der Waals surface area contributed by atoms with Crippen LogP contribution in [0.25, 0.3) is 0 Å². The largest absolute Gasteiger partial charge is 0.479 e. The minimum Gasteiger partial charge on any atom is -0.479 e. The molecule has 2 heterocycles. The highest BCUT2D eigenvalue weighted by Crippen LogP contribution is 2.41. The van der Waals surface area contributed by atoms with Crippen LogP contribution in [0.4, 0.5) is 5.69 Å². The SMILES string of the molecule is CCOC(=O)C1=Nc2c(OC)ncnc2SC1C(C)=O. The second-order valence-corrected chi connectivity index (χ2v) is 4.96. The summed E-state index contributed by atoms with van der Waals surface area (Å²) in [6, 6.07) is 0. The Bertz CT molecular complexity index is 588. The third-order valence-electron chi connectivity index (χ3n) is 2.51. The molecule has 0 aliphatic carbocycles. The lowest BCUT2D eigenvalue weighted by atomic mass is 10.2. The summed E-state index contributed by atoms with van der Waals surface area (Å²) in [5, 5.41) is -0.216. The average molecular weight is 295 g/mol. The van der Waals surface area contributed by atoms with Crippen molar-refractivity contribution in [3.05, 3.63) is 6.33 Å². The predicted octanol–water partition coefficient (Wildman–Crippen LogP) is 1.18. The Labute approximate surface area is 119 Å². The van der Waals surface area contributed by atoms with E-state index >= 15 is 0 Å². The van der Waals surface area contributed by atoms with E-state index in [-0.39, 0.29) is 24.0 Å². The molecule has 0 saturated carbocycles. The van der Waals surface area contributed by atoms with Gasteiger partial charge in [-0.15, -0.1) is 0 Å². The second kappa shape index (κ2) is 6.00. The summed E-state index contributed by atoms with van der Waals surface area (Å²) in [4.78, 5) is 35.8. The Morgan fingerprint density at radius 3 is 2.75 bits per heavy atom. The number of aliphatic imine (C=N–C) groups is 1. The van der Waals surface area contributed by atoms with Gasteiger partial charge in [-0.3, -0.25) is 4.79 Å². The number of rotatable bonds is 4. The Morgan fingerprint density at radius 1 is 1.40 bits per heavy atom. The monoisotopic (exact) mass is 295 g/mol. The van der Waals surface area contributed by atoms with Crippen molar-refractivity contribution in [2.24, 2.45) is 4.99 Å². The first-order valence-corrected chi connectivity index (χ1v) is 6.78. The third-order valence-corrected chi connectivity index (χ3v) is 3.83. The normalized spacial score (nSPS) is 16.9. The maximum Gasteiger partial charge on any atom is 0.354 e. The number of ether oxygens (including phenoxy) is 2. The predicted molar refractivity (Wildman–Crippen MR) is 72.6 cm³/mol. The van der Waals surface area contributed by atoms with Crippen LogP contribution in [0.5, 0.6) is 5.88 Å². The zero-order valence-electron chi connectivity index (χ0n) is 11.2. The summed E-state index contributed by atoms with van der Waals surface area (Å²) < 4.78 is 10.0. The van der Waals surface area contributed by atoms with Crippen molar-refractivity contribution in [3.63, 3.8) is 0 Å². The van der Waals surface area contributed by atoms with Crippen LogP contribution in [0.1, 0.15) is 13.8 Å². The van der Waals surface area contributed by atoms with E-state index in [9.17, 15) is 9.59 Å². The molecule has 0 bridgehead atoms. The number of aromatic nitrogens is 2. The lowest BCUT2D eigenvalue weighted by molar-refractivity contribution is -0.135. The summed E-state index contributed by atoms with van der Waals surface area (Å²) in [5.41, 5.74) is 0.394. The molecule has 1 atom stereocenters. The molecule has 0 fully saturated rings. The summed E-state index contributed by atoms with van der Waals surface area (Å²) in [6.45, 7) is 3.30. The van der Waals surface area contributed by atoms with Crippen LogP contribution in [-0.2, 0) is 14.3 Å². The van der Waals surface area contributed by atoms with Gasteiger partial charge in [0.25, 0.3) is 0 Å². The lowest BCUT2D eigenvalue weighted by Crippen LogP contribution is -2.34. The van der Waals surface area contributed by atoms with Gasteiger partial charge in [0, 0.05) is 0 Å². The number of carbonyl (C=O) groups is 2. The Morgan fingerprint density at radius 2 is 2.15 bits per heavy atom. The van der Waals surface area contributed by atoms with Crippen molar-refractivity contribution in [1.29, 1.82) is 0 Å². The number of hydrogen-bond donors (Lipinski definition) is 0. The van der Waals surface area contributed by atoms with Crippen molar-refractivity contribution < 1.29 is 19.1 Å². The first-order chi connectivity index (χ1) is 9.58. The maximum absolute atomic E-state index is 11.9. The lowest BCUT2D eigenvalue weighted by Gasteiger charge is -2.20. The van der Waals surface area contributed by atoms with E-state index in [0.717, 1.165) is 11.8 Å². The maximum atomic E-state index is 11.9. The van der Waals surface area contributed by atoms with Crippen molar-refractivity contribution in [3.8, 4) is 5.88 Å². The highest BCUT2D eigenvalue weighted by atomic mass is 32.2. The minimum atomic E-state index is -0.721. The number of ketones is 1. The number of thioether (sulfide) groups is 1. The van der Waals surface area contributed by atoms with Crippen molar-refractivity contribution >= 4 is 34.9 Å². The summed E-state index contributed by atoms with van der Waals surface area (Å²) in [7, 11) is 1.45. The van der Waals surface area contributed by atoms with E-state index in [1.807, 2.05) is 0 Å². The molecule has 0 radical (unpaired) electrons. The third kappa shape index (κ3) is 2.64. The van der Waals surface area contributed by atoms with Gasteiger partial charge < -0.3 is 9.47 Å². The minimum absolute atomic E-state index is 0.0463. The first kappa shape index (κ1) is 14.4. The van der Waals surface area contributed by atoms with Crippen LogP contribution in [0.15, 0.2) is 16.3 Å². The number of esters is 1. The zero-order chi connectivity index (χ0) is 14.7. The van der Waals surface area contributed by atoms with Crippen LogP contribution < -0.4 is 4.74 Å².